The summed E-state index contributed by atoms with van der Waals surface area (Å²) < 4.78 is 0. The normalized spacial score (nSPS) is 10.2. The van der Waals surface area contributed by atoms with Crippen molar-refractivity contribution in [2.24, 2.45) is 0 Å². The van der Waals surface area contributed by atoms with E-state index in [1.807, 2.05) is 0 Å². The molecule has 0 radical (unpaired) electrons. The van der Waals surface area contributed by atoms with Gasteiger partial charge in [0.25, 0.3) is 5.69 Å². The molecule has 0 fully saturated rings. The van der Waals surface area contributed by atoms with Crippen LogP contribution in [0.15, 0.2) is 30.3 Å². The summed E-state index contributed by atoms with van der Waals surface area (Å²) in [4.78, 5) is 55.2. The number of aromatic carboxylic acids is 4. The number of nitro groups is 1. The molecule has 27 heavy (non-hydrogen) atoms. The van der Waals surface area contributed by atoms with E-state index in [-0.39, 0.29) is 11.1 Å². The van der Waals surface area contributed by atoms with Crippen molar-refractivity contribution < 1.29 is 44.5 Å². The lowest BCUT2D eigenvalue weighted by Gasteiger charge is -2.10. The maximum absolute atomic E-state index is 11.3. The number of nitrogens with zero attached hydrogens (tertiary/aromatic N) is 1. The van der Waals surface area contributed by atoms with Gasteiger partial charge in [0.15, 0.2) is 0 Å². The van der Waals surface area contributed by atoms with Gasteiger partial charge in [0, 0.05) is 6.07 Å². The predicted octanol–water partition coefficient (Wildman–Crippen LogP) is 2.05. The Kier molecular flexibility index (Phi) is 4.88. The summed E-state index contributed by atoms with van der Waals surface area (Å²) in [5.41, 5.74) is -4.13. The second kappa shape index (κ2) is 6.92. The van der Waals surface area contributed by atoms with Crippen LogP contribution in [0.5, 0.6) is 0 Å². The highest BCUT2D eigenvalue weighted by Gasteiger charge is 2.26. The Hall–Kier alpha value is -4.28. The number of nitro benzene ring substituents is 1. The minimum atomic E-state index is -1.70. The lowest BCUT2D eigenvalue weighted by atomic mass is 9.94. The molecule has 2 aromatic carbocycles. The van der Waals surface area contributed by atoms with Crippen molar-refractivity contribution >= 4 is 29.6 Å². The van der Waals surface area contributed by atoms with Crippen LogP contribution in [0.3, 0.4) is 0 Å². The molecular weight excluding hydrogens is 366 g/mol. The van der Waals surface area contributed by atoms with Gasteiger partial charge in [-0.05, 0) is 23.8 Å². The molecule has 11 nitrogen and oxygen atoms in total. The third-order valence-corrected chi connectivity index (χ3v) is 3.58. The molecule has 0 bridgehead atoms. The third kappa shape index (κ3) is 3.56. The molecule has 0 heterocycles. The molecule has 0 saturated carbocycles. The monoisotopic (exact) mass is 375 g/mol. The van der Waals surface area contributed by atoms with E-state index in [1.54, 1.807) is 0 Å². The Morgan fingerprint density at radius 2 is 1.15 bits per heavy atom. The van der Waals surface area contributed by atoms with Gasteiger partial charge in [0.2, 0.25) is 0 Å². The molecule has 0 aliphatic rings. The van der Waals surface area contributed by atoms with E-state index < -0.39 is 56.7 Å². The number of hydrogen-bond donors (Lipinski definition) is 4. The number of benzene rings is 2. The summed E-state index contributed by atoms with van der Waals surface area (Å²) >= 11 is 0. The quantitative estimate of drug-likeness (QED) is 0.429. The molecule has 0 aliphatic carbocycles. The van der Waals surface area contributed by atoms with Gasteiger partial charge in [-0.1, -0.05) is 6.07 Å². The zero-order valence-corrected chi connectivity index (χ0v) is 13.1. The van der Waals surface area contributed by atoms with Crippen molar-refractivity contribution in [1.29, 1.82) is 0 Å². The molecule has 0 atom stereocenters. The fourth-order valence-corrected chi connectivity index (χ4v) is 2.40. The molecule has 0 amide bonds. The molecule has 0 aromatic heterocycles. The second-order valence-electron chi connectivity index (χ2n) is 5.15. The van der Waals surface area contributed by atoms with Gasteiger partial charge in [-0.15, -0.1) is 0 Å². The maximum atomic E-state index is 11.3. The Labute approximate surface area is 148 Å². The van der Waals surface area contributed by atoms with Crippen molar-refractivity contribution in [1.82, 2.24) is 0 Å². The van der Waals surface area contributed by atoms with Gasteiger partial charge in [-0.25, -0.2) is 19.2 Å². The van der Waals surface area contributed by atoms with E-state index in [2.05, 4.69) is 0 Å². The van der Waals surface area contributed by atoms with Gasteiger partial charge in [0.05, 0.1) is 32.7 Å². The molecule has 2 aromatic rings. The highest BCUT2D eigenvalue weighted by molar-refractivity contribution is 6.05. The summed E-state index contributed by atoms with van der Waals surface area (Å²) in [7, 11) is 0. The highest BCUT2D eigenvalue weighted by atomic mass is 16.6. The fraction of sp³-hybridized carbons (Fsp3) is 0. The smallest absolute Gasteiger partial charge is 0.336 e. The summed E-state index contributed by atoms with van der Waals surface area (Å²) in [5, 5.41) is 47.7. The minimum absolute atomic E-state index is 0.163. The van der Waals surface area contributed by atoms with Crippen molar-refractivity contribution in [2.75, 3.05) is 0 Å². The first-order chi connectivity index (χ1) is 12.5. The van der Waals surface area contributed by atoms with Crippen LogP contribution in [-0.4, -0.2) is 49.2 Å². The first kappa shape index (κ1) is 19.1. The first-order valence-electron chi connectivity index (χ1n) is 6.94. The predicted molar refractivity (Wildman–Crippen MR) is 86.4 cm³/mol. The fourth-order valence-electron chi connectivity index (χ4n) is 2.40. The summed E-state index contributed by atoms with van der Waals surface area (Å²) in [6.45, 7) is 0. The Bertz CT molecular complexity index is 1020. The summed E-state index contributed by atoms with van der Waals surface area (Å²) in [6, 6.07) is 4.07. The molecule has 2 rings (SSSR count). The van der Waals surface area contributed by atoms with Crippen LogP contribution in [-0.2, 0) is 0 Å². The van der Waals surface area contributed by atoms with Crippen molar-refractivity contribution in [3.8, 4) is 11.1 Å². The van der Waals surface area contributed by atoms with E-state index in [0.29, 0.717) is 6.07 Å². The average Bonchev–Trinajstić information content (AvgIpc) is 2.59. The van der Waals surface area contributed by atoms with Gasteiger partial charge in [-0.3, -0.25) is 10.1 Å². The number of rotatable bonds is 6. The van der Waals surface area contributed by atoms with E-state index in [9.17, 15) is 34.4 Å². The largest absolute Gasteiger partial charge is 0.478 e. The minimum Gasteiger partial charge on any atom is -0.478 e. The number of carbonyl (C=O) groups is 4. The third-order valence-electron chi connectivity index (χ3n) is 3.58. The lowest BCUT2D eigenvalue weighted by Crippen LogP contribution is -2.11. The van der Waals surface area contributed by atoms with Crippen LogP contribution in [0.1, 0.15) is 41.4 Å². The Morgan fingerprint density at radius 3 is 1.59 bits per heavy atom. The van der Waals surface area contributed by atoms with E-state index in [0.717, 1.165) is 24.3 Å². The zero-order valence-electron chi connectivity index (χ0n) is 13.1. The van der Waals surface area contributed by atoms with Crippen LogP contribution in [0, 0.1) is 10.1 Å². The molecule has 138 valence electrons. The first-order valence-corrected chi connectivity index (χ1v) is 6.94. The topological polar surface area (TPSA) is 192 Å². The Morgan fingerprint density at radius 1 is 0.704 bits per heavy atom. The van der Waals surface area contributed by atoms with Crippen LogP contribution in [0.2, 0.25) is 0 Å². The summed E-state index contributed by atoms with van der Waals surface area (Å²) in [5.74, 6) is -6.52. The number of carboxylic acid groups (broad SMARTS) is 4. The van der Waals surface area contributed by atoms with E-state index in [1.165, 1.54) is 0 Å². The molecular formula is C16H9NO10. The van der Waals surface area contributed by atoms with Crippen LogP contribution in [0.4, 0.5) is 5.69 Å². The van der Waals surface area contributed by atoms with Gasteiger partial charge in [-0.2, -0.15) is 0 Å². The lowest BCUT2D eigenvalue weighted by molar-refractivity contribution is -0.384. The van der Waals surface area contributed by atoms with Crippen LogP contribution >= 0.6 is 0 Å². The van der Waals surface area contributed by atoms with Gasteiger partial charge in [0.1, 0.15) is 0 Å². The zero-order chi connectivity index (χ0) is 20.5. The molecule has 11 heteroatoms. The van der Waals surface area contributed by atoms with Crippen molar-refractivity contribution in [2.45, 2.75) is 0 Å². The molecule has 0 spiro atoms. The van der Waals surface area contributed by atoms with Gasteiger partial charge >= 0.3 is 23.9 Å². The van der Waals surface area contributed by atoms with Crippen molar-refractivity contribution in [3.63, 3.8) is 0 Å². The molecule has 0 saturated heterocycles. The highest BCUT2D eigenvalue weighted by Crippen LogP contribution is 2.34. The van der Waals surface area contributed by atoms with E-state index >= 15 is 0 Å². The standard InChI is InChI=1S/C16H9NO10/c18-13(19)7-2-1-6(3-9(7)14(20)21)8-4-10(15(22)23)11(16(24)25)5-12(8)17(26)27/h1-5H,(H,18,19)(H,20,21)(H,22,23)(H,24,25). The average molecular weight is 375 g/mol. The molecule has 4 N–H and O–H groups in total. The molecule has 0 aliphatic heterocycles. The summed E-state index contributed by atoms with van der Waals surface area (Å²) in [6.07, 6.45) is 0. The SMILES string of the molecule is O=C(O)c1ccc(-c2cc(C(=O)O)c(C(=O)O)cc2[N+](=O)[O-])cc1C(=O)O. The van der Waals surface area contributed by atoms with Gasteiger partial charge < -0.3 is 20.4 Å². The Balaban J connectivity index is 2.87. The van der Waals surface area contributed by atoms with E-state index in [4.69, 9.17) is 15.3 Å². The van der Waals surface area contributed by atoms with Crippen molar-refractivity contribution in [3.05, 3.63) is 62.7 Å². The number of carboxylic acids is 4. The van der Waals surface area contributed by atoms with Crippen LogP contribution < -0.4 is 0 Å². The molecule has 0 unspecified atom stereocenters. The second-order valence-corrected chi connectivity index (χ2v) is 5.15. The maximum Gasteiger partial charge on any atom is 0.336 e. The number of hydrogen-bond acceptors (Lipinski definition) is 6. The van der Waals surface area contributed by atoms with Crippen LogP contribution in [0.25, 0.3) is 11.1 Å².